The molecule has 614 valence electrons. The summed E-state index contributed by atoms with van der Waals surface area (Å²) in [6, 6.07) is 87.5. The zero-order chi connectivity index (χ0) is 82.9. The number of hydrogen-bond donors (Lipinski definition) is 0. The Hall–Kier alpha value is -12.8. The summed E-state index contributed by atoms with van der Waals surface area (Å²) in [5.74, 6) is 0. The van der Waals surface area contributed by atoms with Gasteiger partial charge in [-0.2, -0.15) is 0 Å². The van der Waals surface area contributed by atoms with Gasteiger partial charge in [-0.15, -0.1) is 0 Å². The van der Waals surface area contributed by atoms with Gasteiger partial charge in [0, 0.05) is 317 Å². The molecule has 8 aliphatic heterocycles. The van der Waals surface area contributed by atoms with E-state index in [-0.39, 0.29) is 0 Å². The van der Waals surface area contributed by atoms with Crippen LogP contribution in [-0.2, 0) is 0 Å². The zero-order valence-electron chi connectivity index (χ0n) is 73.2. The Bertz CT molecular complexity index is 6900. The fourth-order valence-corrected chi connectivity index (χ4v) is 23.3. The molecule has 0 amide bonds. The molecule has 0 N–H and O–H groups in total. The van der Waals surface area contributed by atoms with Crippen LogP contribution in [0.3, 0.4) is 0 Å². The second-order valence-electron chi connectivity index (χ2n) is 36.9. The molecule has 20 aromatic rings. The monoisotopic (exact) mass is 1610 g/mol. The predicted molar refractivity (Wildman–Crippen MR) is 540 cm³/mol. The van der Waals surface area contributed by atoms with E-state index in [1.165, 1.54) is 288 Å². The summed E-state index contributed by atoms with van der Waals surface area (Å²) in [6.07, 6.45) is 8.40. The quantitative estimate of drug-likeness (QED) is 0.136. The molecule has 0 unspecified atom stereocenters. The molecule has 0 atom stereocenters. The topological polar surface area (TPSA) is 38.9 Å². The third-order valence-electron chi connectivity index (χ3n) is 29.7. The lowest BCUT2D eigenvalue weighted by atomic mass is 9.89. The maximum absolute atomic E-state index is 2.63. The Morgan fingerprint density at radius 1 is 0.138 bits per heavy atom. The number of benzene rings is 20. The van der Waals surface area contributed by atoms with Gasteiger partial charge < -0.3 is 58.8 Å². The molecule has 8 aliphatic rings. The van der Waals surface area contributed by atoms with Crippen molar-refractivity contribution in [2.24, 2.45) is 0 Å². The molecular weight excluding hydrogens is 1500 g/mol. The van der Waals surface area contributed by atoms with Crippen LogP contribution in [0.2, 0.25) is 0 Å². The molecule has 18 bridgehead atoms. The molecule has 1 saturated heterocycles. The minimum Gasteiger partial charge on any atom is -0.374 e. The molecule has 12 nitrogen and oxygen atoms in total. The van der Waals surface area contributed by atoms with Crippen LogP contribution in [0.5, 0.6) is 0 Å². The maximum atomic E-state index is 2.63. The molecule has 8 heterocycles. The van der Waals surface area contributed by atoms with Crippen LogP contribution in [0, 0.1) is 0 Å². The standard InChI is InChI=1S/C26H30N4.C22H20N2.3C21H20N2/c1-27-11-5-12-28(2)22-15-21(27)17-7-8-19-23-16-24(30(4)14-6-13-29(23)3)20-10-9-18(22)25(17)26(19)20;1-4-15-6-8-17-19-14-20(24-11-2-10-23(19)12-3-13-24)18-9-7-16(5-1)21(15)22(17)18;1-22-12-3-13-23(2)19-11-7-15-4-8-16-18(22)10-6-14-5-9-17(19)21(15)20(14)16;1-22-12-3-13-23(2)19-11-7-15-5-4-14-6-10-18(22)16-8-9-17(19)21(15)20(14)16;1-22-11-4-12-23(2)19-13-18(22)16-9-7-14-5-3-6-15-8-10-17(19)21(16)20(14)15/h7-10,15-16H,5-6,11-14H2,1-4H3;1,4-9,14H,2-3,10-13H2;2*4-11H,3,12-13H2,1-2H3;3,5-10,13H,4,11-12H2,1-2H3. The third-order valence-corrected chi connectivity index (χ3v) is 29.7. The average molecular weight is 1610 g/mol. The summed E-state index contributed by atoms with van der Waals surface area (Å²) in [5, 5.41) is 41.7. The predicted octanol–water partition coefficient (Wildman–Crippen LogP) is 24.7. The van der Waals surface area contributed by atoms with E-state index in [2.05, 4.69) is 360 Å². The van der Waals surface area contributed by atoms with Gasteiger partial charge in [0.2, 0.25) is 0 Å². The van der Waals surface area contributed by atoms with Gasteiger partial charge in [-0.25, -0.2) is 0 Å². The van der Waals surface area contributed by atoms with E-state index in [4.69, 9.17) is 0 Å². The van der Waals surface area contributed by atoms with Crippen molar-refractivity contribution in [1.29, 1.82) is 0 Å². The Labute approximate surface area is 721 Å². The van der Waals surface area contributed by atoms with Crippen molar-refractivity contribution < 1.29 is 0 Å². The molecular formula is C111H110N12. The Kier molecular flexibility index (Phi) is 18.0. The van der Waals surface area contributed by atoms with E-state index in [0.717, 1.165) is 78.3 Å². The molecule has 0 saturated carbocycles. The highest BCUT2D eigenvalue weighted by atomic mass is 15.2. The van der Waals surface area contributed by atoms with Crippen molar-refractivity contribution in [1.82, 2.24) is 0 Å². The van der Waals surface area contributed by atoms with Crippen LogP contribution in [-0.4, -0.2) is 162 Å². The van der Waals surface area contributed by atoms with E-state index in [1.807, 2.05) is 0 Å². The Balaban J connectivity index is 0.0000000894. The number of rotatable bonds is 0. The van der Waals surface area contributed by atoms with Crippen molar-refractivity contribution in [3.05, 3.63) is 231 Å². The van der Waals surface area contributed by atoms with E-state index in [0.29, 0.717) is 0 Å². The highest BCUT2D eigenvalue weighted by molar-refractivity contribution is 6.34. The number of fused-ring (bicyclic) bond motifs is 17. The highest BCUT2D eigenvalue weighted by Gasteiger charge is 2.30. The van der Waals surface area contributed by atoms with E-state index >= 15 is 0 Å². The smallest absolute Gasteiger partial charge is 0.0467 e. The van der Waals surface area contributed by atoms with Crippen molar-refractivity contribution in [3.63, 3.8) is 0 Å². The largest absolute Gasteiger partial charge is 0.374 e. The first-order valence-corrected chi connectivity index (χ1v) is 45.4. The van der Waals surface area contributed by atoms with E-state index < -0.39 is 0 Å². The summed E-state index contributed by atoms with van der Waals surface area (Å²) < 4.78 is 0. The van der Waals surface area contributed by atoms with Crippen LogP contribution in [0.4, 0.5) is 68.2 Å². The van der Waals surface area contributed by atoms with Gasteiger partial charge in [-0.05, 0) is 169 Å². The van der Waals surface area contributed by atoms with Crippen LogP contribution in [0.15, 0.2) is 231 Å². The maximum Gasteiger partial charge on any atom is 0.0467 e. The van der Waals surface area contributed by atoms with Crippen LogP contribution in [0.25, 0.3) is 162 Å². The Morgan fingerprint density at radius 3 is 0.528 bits per heavy atom. The molecule has 1 fully saturated rings. The number of nitrogens with zero attached hydrogens (tertiary/aromatic N) is 12. The van der Waals surface area contributed by atoms with Gasteiger partial charge in [0.15, 0.2) is 0 Å². The van der Waals surface area contributed by atoms with Crippen molar-refractivity contribution in [2.45, 2.75) is 44.9 Å². The first kappa shape index (κ1) is 75.2. The van der Waals surface area contributed by atoms with Crippen molar-refractivity contribution in [3.8, 4) is 0 Å². The molecule has 123 heavy (non-hydrogen) atoms. The molecule has 20 aromatic carbocycles. The fraction of sp³-hybridized carbons (Fsp3) is 0.279. The van der Waals surface area contributed by atoms with Gasteiger partial charge in [-0.3, -0.25) is 0 Å². The fourth-order valence-electron chi connectivity index (χ4n) is 23.3. The second kappa shape index (κ2) is 29.5. The molecule has 12 heteroatoms. The first-order chi connectivity index (χ1) is 60.2. The molecule has 0 radical (unpaired) electrons. The van der Waals surface area contributed by atoms with Crippen LogP contribution >= 0.6 is 0 Å². The summed E-state index contributed by atoms with van der Waals surface area (Å²) in [7, 11) is 22.3. The lowest BCUT2D eigenvalue weighted by molar-refractivity contribution is 0.613. The highest BCUT2D eigenvalue weighted by Crippen LogP contribution is 2.53. The Morgan fingerprint density at radius 2 is 0.293 bits per heavy atom. The van der Waals surface area contributed by atoms with Gasteiger partial charge in [0.1, 0.15) is 0 Å². The molecule has 0 aromatic heterocycles. The SMILES string of the molecule is CN1CCCN(C)c2cc1c1ccc3c4cc(c5ccc2c1c35)N(C)CCCN4C.CN1CCCN(C)c2cc1c1ccc3cccc4ccc2c1c34.CN1CCCN(C)c2ccc3ccc4c1ccc1ccc2c3c14.CN1CCCN(C)c2ccc3ccc4ccc1c1ccc2c3c41.c1cc2ccc3c4cc(c5ccc(c1)c2c35)N1CCCN4CCC1. The van der Waals surface area contributed by atoms with Gasteiger partial charge in [-0.1, -0.05) is 182 Å². The molecule has 0 spiro atoms. The van der Waals surface area contributed by atoms with Crippen molar-refractivity contribution >= 4 is 230 Å². The van der Waals surface area contributed by atoms with E-state index in [1.54, 1.807) is 0 Å². The molecule has 0 aliphatic carbocycles. The lowest BCUT2D eigenvalue weighted by Gasteiger charge is -2.38. The normalized spacial score (nSPS) is 16.5. The zero-order valence-corrected chi connectivity index (χ0v) is 73.2. The van der Waals surface area contributed by atoms with Gasteiger partial charge >= 0.3 is 0 Å². The van der Waals surface area contributed by atoms with Crippen LogP contribution < -0.4 is 58.8 Å². The van der Waals surface area contributed by atoms with E-state index in [9.17, 15) is 0 Å². The third kappa shape index (κ3) is 12.0. The molecule has 28 rings (SSSR count). The number of hydrogen-bond acceptors (Lipinski definition) is 12. The first-order valence-electron chi connectivity index (χ1n) is 45.4. The average Bonchev–Trinajstić information content (AvgIpc) is 1.17. The lowest BCUT2D eigenvalue weighted by Crippen LogP contribution is -2.39. The summed E-state index contributed by atoms with van der Waals surface area (Å²) in [6.45, 7) is 15.6. The van der Waals surface area contributed by atoms with Gasteiger partial charge in [0.05, 0.1) is 0 Å². The number of anilines is 12. The second-order valence-corrected chi connectivity index (χ2v) is 36.9. The summed E-state index contributed by atoms with van der Waals surface area (Å²) >= 11 is 0. The summed E-state index contributed by atoms with van der Waals surface area (Å²) in [4.78, 5) is 29.5. The summed E-state index contributed by atoms with van der Waals surface area (Å²) in [5.41, 5.74) is 16.4. The van der Waals surface area contributed by atoms with Gasteiger partial charge in [0.25, 0.3) is 0 Å². The minimum absolute atomic E-state index is 1.08. The van der Waals surface area contributed by atoms with Crippen molar-refractivity contribution in [2.75, 3.05) is 221 Å². The van der Waals surface area contributed by atoms with Crippen LogP contribution in [0.1, 0.15) is 44.9 Å². The minimum atomic E-state index is 1.08.